The predicted molar refractivity (Wildman–Crippen MR) is 80.3 cm³/mol. The lowest BCUT2D eigenvalue weighted by Crippen LogP contribution is -2.01. The van der Waals surface area contributed by atoms with Gasteiger partial charge in [0, 0.05) is 6.08 Å². The highest BCUT2D eigenvalue weighted by atomic mass is 35.5. The molecule has 0 fully saturated rings. The first-order chi connectivity index (χ1) is 8.72. The average molecular weight is 297 g/mol. The second-order valence-electron chi connectivity index (χ2n) is 3.95. The lowest BCUT2D eigenvalue weighted by atomic mass is 10.1. The first-order valence-corrected chi connectivity index (χ1v) is 7.70. The van der Waals surface area contributed by atoms with E-state index in [1.165, 1.54) is 44.6 Å². The second-order valence-corrected chi connectivity index (χ2v) is 4.76. The van der Waals surface area contributed by atoms with Crippen LogP contribution in [0.2, 0.25) is 0 Å². The standard InChI is InChI=1S/C13H24O2.CH2Cl2/c1-3-5-6-7-8-9-10-11-12-15-13(14)4-2;2-1-3/h4H,2-3,5-12H2,1H3;1H2. The van der Waals surface area contributed by atoms with Gasteiger partial charge in [-0.3, -0.25) is 0 Å². The van der Waals surface area contributed by atoms with Crippen molar-refractivity contribution in [2.24, 2.45) is 0 Å². The third-order valence-corrected chi connectivity index (χ3v) is 2.41. The van der Waals surface area contributed by atoms with E-state index < -0.39 is 0 Å². The van der Waals surface area contributed by atoms with Crippen molar-refractivity contribution >= 4 is 29.2 Å². The lowest BCUT2D eigenvalue weighted by molar-refractivity contribution is -0.137. The Labute approximate surface area is 122 Å². The van der Waals surface area contributed by atoms with Gasteiger partial charge in [0.15, 0.2) is 0 Å². The number of unbranched alkanes of at least 4 members (excludes halogenated alkanes) is 7. The number of esters is 1. The topological polar surface area (TPSA) is 26.3 Å². The molecule has 0 N–H and O–H groups in total. The minimum Gasteiger partial charge on any atom is -0.463 e. The summed E-state index contributed by atoms with van der Waals surface area (Å²) in [5, 5.41) is 0.194. The van der Waals surface area contributed by atoms with E-state index in [0.717, 1.165) is 12.8 Å². The Morgan fingerprint density at radius 3 is 1.94 bits per heavy atom. The minimum absolute atomic E-state index is 0.194. The molecule has 0 radical (unpaired) electrons. The molecule has 0 heterocycles. The van der Waals surface area contributed by atoms with Crippen LogP contribution in [0.5, 0.6) is 0 Å². The summed E-state index contributed by atoms with van der Waals surface area (Å²) in [6.07, 6.45) is 11.3. The highest BCUT2D eigenvalue weighted by Crippen LogP contribution is 2.08. The molecule has 0 saturated carbocycles. The monoisotopic (exact) mass is 296 g/mol. The van der Waals surface area contributed by atoms with E-state index in [1.807, 2.05) is 0 Å². The van der Waals surface area contributed by atoms with Gasteiger partial charge in [0.05, 0.1) is 11.9 Å². The van der Waals surface area contributed by atoms with Crippen LogP contribution in [-0.4, -0.2) is 17.9 Å². The molecule has 0 aliphatic heterocycles. The largest absolute Gasteiger partial charge is 0.463 e. The number of alkyl halides is 2. The molecule has 0 bridgehead atoms. The van der Waals surface area contributed by atoms with Crippen LogP contribution >= 0.6 is 23.2 Å². The molecule has 0 atom stereocenters. The SMILES string of the molecule is C=CC(=O)OCCCCCCCCCC.ClCCl. The van der Waals surface area contributed by atoms with Crippen molar-refractivity contribution < 1.29 is 9.53 Å². The van der Waals surface area contributed by atoms with Gasteiger partial charge in [0.25, 0.3) is 0 Å². The van der Waals surface area contributed by atoms with Crippen molar-refractivity contribution in [2.75, 3.05) is 11.9 Å². The molecule has 4 heteroatoms. The van der Waals surface area contributed by atoms with Crippen LogP contribution in [0.25, 0.3) is 0 Å². The van der Waals surface area contributed by atoms with Crippen LogP contribution in [0.3, 0.4) is 0 Å². The molecule has 0 aliphatic carbocycles. The lowest BCUT2D eigenvalue weighted by Gasteiger charge is -2.02. The van der Waals surface area contributed by atoms with E-state index in [-0.39, 0.29) is 11.3 Å². The Bertz CT molecular complexity index is 185. The van der Waals surface area contributed by atoms with E-state index in [1.54, 1.807) is 0 Å². The maximum Gasteiger partial charge on any atom is 0.330 e. The van der Waals surface area contributed by atoms with Crippen LogP contribution in [0.15, 0.2) is 12.7 Å². The fourth-order valence-corrected chi connectivity index (χ4v) is 1.47. The normalized spacial score (nSPS) is 9.28. The van der Waals surface area contributed by atoms with Crippen LogP contribution in [-0.2, 0) is 9.53 Å². The first-order valence-electron chi connectivity index (χ1n) is 6.64. The molecule has 0 amide bonds. The fraction of sp³-hybridized carbons (Fsp3) is 0.786. The second kappa shape index (κ2) is 19.1. The molecule has 18 heavy (non-hydrogen) atoms. The molecule has 0 unspecified atom stereocenters. The number of halogens is 2. The van der Waals surface area contributed by atoms with Crippen molar-refractivity contribution in [3.05, 3.63) is 12.7 Å². The molecular formula is C14H26Cl2O2. The third-order valence-electron chi connectivity index (χ3n) is 2.41. The van der Waals surface area contributed by atoms with Crippen molar-refractivity contribution in [2.45, 2.75) is 58.3 Å². The third kappa shape index (κ3) is 21.1. The van der Waals surface area contributed by atoms with Gasteiger partial charge >= 0.3 is 5.97 Å². The Hall–Kier alpha value is -0.210. The minimum atomic E-state index is -0.307. The molecule has 0 rings (SSSR count). The van der Waals surface area contributed by atoms with E-state index in [0.29, 0.717) is 6.61 Å². The van der Waals surface area contributed by atoms with Crippen molar-refractivity contribution in [1.29, 1.82) is 0 Å². The Balaban J connectivity index is 0. The highest BCUT2D eigenvalue weighted by molar-refractivity contribution is 6.40. The Morgan fingerprint density at radius 2 is 1.50 bits per heavy atom. The number of ether oxygens (including phenoxy) is 1. The molecule has 0 aliphatic rings. The molecular weight excluding hydrogens is 271 g/mol. The molecule has 108 valence electrons. The summed E-state index contributed by atoms with van der Waals surface area (Å²) in [4.78, 5) is 10.7. The van der Waals surface area contributed by atoms with E-state index >= 15 is 0 Å². The van der Waals surface area contributed by atoms with Crippen LogP contribution in [0.4, 0.5) is 0 Å². The Morgan fingerprint density at radius 1 is 1.06 bits per heavy atom. The van der Waals surface area contributed by atoms with Gasteiger partial charge in [-0.05, 0) is 6.42 Å². The zero-order valence-corrected chi connectivity index (χ0v) is 12.9. The van der Waals surface area contributed by atoms with E-state index in [4.69, 9.17) is 27.9 Å². The summed E-state index contributed by atoms with van der Waals surface area (Å²) in [5.41, 5.74) is 0. The smallest absolute Gasteiger partial charge is 0.330 e. The van der Waals surface area contributed by atoms with Crippen molar-refractivity contribution in [3.8, 4) is 0 Å². The van der Waals surface area contributed by atoms with Gasteiger partial charge in [-0.25, -0.2) is 4.79 Å². The molecule has 0 aromatic carbocycles. The first kappa shape index (κ1) is 20.1. The zero-order valence-electron chi connectivity index (χ0n) is 11.4. The van der Waals surface area contributed by atoms with Gasteiger partial charge in [0.2, 0.25) is 0 Å². The van der Waals surface area contributed by atoms with Gasteiger partial charge in [-0.2, -0.15) is 0 Å². The summed E-state index contributed by atoms with van der Waals surface area (Å²) < 4.78 is 4.88. The number of rotatable bonds is 10. The molecule has 2 nitrogen and oxygen atoms in total. The van der Waals surface area contributed by atoms with Gasteiger partial charge in [-0.1, -0.05) is 58.4 Å². The summed E-state index contributed by atoms with van der Waals surface area (Å²) in [5.74, 6) is -0.307. The van der Waals surface area contributed by atoms with Crippen molar-refractivity contribution in [1.82, 2.24) is 0 Å². The summed E-state index contributed by atoms with van der Waals surface area (Å²) in [7, 11) is 0. The number of carbonyl (C=O) groups is 1. The average Bonchev–Trinajstić information content (AvgIpc) is 2.37. The van der Waals surface area contributed by atoms with Gasteiger partial charge in [0.1, 0.15) is 0 Å². The van der Waals surface area contributed by atoms with Crippen LogP contribution in [0, 0.1) is 0 Å². The molecule has 0 spiro atoms. The van der Waals surface area contributed by atoms with Crippen molar-refractivity contribution in [3.63, 3.8) is 0 Å². The van der Waals surface area contributed by atoms with Crippen LogP contribution in [0.1, 0.15) is 58.3 Å². The van der Waals surface area contributed by atoms with Crippen LogP contribution < -0.4 is 0 Å². The zero-order chi connectivity index (χ0) is 14.1. The molecule has 0 aromatic heterocycles. The maximum atomic E-state index is 10.7. The highest BCUT2D eigenvalue weighted by Gasteiger charge is 1.95. The van der Waals surface area contributed by atoms with E-state index in [9.17, 15) is 4.79 Å². The number of carbonyl (C=O) groups excluding carboxylic acids is 1. The van der Waals surface area contributed by atoms with E-state index in [2.05, 4.69) is 13.5 Å². The summed E-state index contributed by atoms with van der Waals surface area (Å²) in [6, 6.07) is 0. The molecule has 0 aromatic rings. The van der Waals surface area contributed by atoms with Gasteiger partial charge in [-0.15, -0.1) is 23.2 Å². The predicted octanol–water partition coefficient (Wildman–Crippen LogP) is 5.28. The fourth-order valence-electron chi connectivity index (χ4n) is 1.47. The summed E-state index contributed by atoms with van der Waals surface area (Å²) >= 11 is 9.53. The maximum absolute atomic E-state index is 10.7. The number of hydrogen-bond acceptors (Lipinski definition) is 2. The van der Waals surface area contributed by atoms with Gasteiger partial charge < -0.3 is 4.74 Å². The molecule has 0 saturated heterocycles. The Kier molecular flexibility index (Phi) is 21.4. The number of hydrogen-bond donors (Lipinski definition) is 0. The summed E-state index contributed by atoms with van der Waals surface area (Å²) in [6.45, 7) is 6.11. The quantitative estimate of drug-likeness (QED) is 0.237.